The van der Waals surface area contributed by atoms with Gasteiger partial charge in [-0.15, -0.1) is 4.91 Å². The molecule has 0 saturated carbocycles. The first-order valence-electron chi connectivity index (χ1n) is 8.18. The van der Waals surface area contributed by atoms with Crippen molar-refractivity contribution in [1.82, 2.24) is 0 Å². The van der Waals surface area contributed by atoms with Gasteiger partial charge in [0.25, 0.3) is 5.69 Å². The molecule has 0 radical (unpaired) electrons. The zero-order chi connectivity index (χ0) is 20.5. The summed E-state index contributed by atoms with van der Waals surface area (Å²) in [6, 6.07) is 9.19. The van der Waals surface area contributed by atoms with Crippen molar-refractivity contribution >= 4 is 39.3 Å². The number of nitro groups is 1. The van der Waals surface area contributed by atoms with Crippen LogP contribution in [0.4, 0.5) is 11.4 Å². The zero-order valence-electron chi connectivity index (χ0n) is 14.5. The average molecular weight is 394 g/mol. The molecule has 0 amide bonds. The monoisotopic (exact) mass is 394 g/mol. The number of nitro benzene ring substituents is 1. The van der Waals surface area contributed by atoms with Gasteiger partial charge in [-0.2, -0.15) is 0 Å². The Bertz CT molecular complexity index is 1350. The van der Waals surface area contributed by atoms with Gasteiger partial charge in [0, 0.05) is 40.6 Å². The van der Waals surface area contributed by atoms with Crippen LogP contribution in [-0.4, -0.2) is 10.9 Å². The number of hydrogen-bond donors (Lipinski definition) is 0. The maximum Gasteiger partial charge on any atom is 0.338 e. The van der Waals surface area contributed by atoms with Gasteiger partial charge in [0.1, 0.15) is 23.5 Å². The summed E-state index contributed by atoms with van der Waals surface area (Å²) >= 11 is 0. The molecule has 2 aromatic carbocycles. The van der Waals surface area contributed by atoms with Crippen molar-refractivity contribution < 1.29 is 23.3 Å². The summed E-state index contributed by atoms with van der Waals surface area (Å²) in [5.41, 5.74) is -0.432. The van der Waals surface area contributed by atoms with Crippen LogP contribution in [0.1, 0.15) is 15.9 Å². The maximum absolute atomic E-state index is 12.3. The van der Waals surface area contributed by atoms with E-state index < -0.39 is 22.2 Å². The first-order chi connectivity index (χ1) is 13.9. The lowest BCUT2D eigenvalue weighted by Crippen LogP contribution is -2.08. The lowest BCUT2D eigenvalue weighted by molar-refractivity contribution is -0.384. The minimum Gasteiger partial charge on any atom is -0.464 e. The Morgan fingerprint density at radius 1 is 1.14 bits per heavy atom. The molecule has 144 valence electrons. The smallest absolute Gasteiger partial charge is 0.338 e. The van der Waals surface area contributed by atoms with E-state index >= 15 is 0 Å². The fraction of sp³-hybridized carbons (Fsp3) is 0.0526. The number of fused-ring (bicyclic) bond motifs is 2. The van der Waals surface area contributed by atoms with Crippen LogP contribution >= 0.6 is 0 Å². The predicted molar refractivity (Wildman–Crippen MR) is 99.9 cm³/mol. The molecule has 10 heteroatoms. The molecule has 0 aliphatic rings. The summed E-state index contributed by atoms with van der Waals surface area (Å²) in [7, 11) is 0. The second-order valence-corrected chi connectivity index (χ2v) is 6.06. The molecule has 29 heavy (non-hydrogen) atoms. The van der Waals surface area contributed by atoms with Crippen molar-refractivity contribution in [3.63, 3.8) is 0 Å². The van der Waals surface area contributed by atoms with Gasteiger partial charge >= 0.3 is 11.6 Å². The topological polar surface area (TPSA) is 142 Å². The number of hydrogen-bond acceptors (Lipinski definition) is 9. The lowest BCUT2D eigenvalue weighted by Gasteiger charge is -2.08. The van der Waals surface area contributed by atoms with E-state index in [-0.39, 0.29) is 23.4 Å². The van der Waals surface area contributed by atoms with Crippen molar-refractivity contribution in [2.24, 2.45) is 5.18 Å². The molecule has 0 unspecified atom stereocenters. The van der Waals surface area contributed by atoms with Crippen LogP contribution in [0.15, 0.2) is 67.5 Å². The summed E-state index contributed by atoms with van der Waals surface area (Å²) in [6.07, 6.45) is 1.49. The molecule has 2 aromatic heterocycles. The molecule has 0 fully saturated rings. The van der Waals surface area contributed by atoms with Gasteiger partial charge in [0.15, 0.2) is 0 Å². The number of nitroso groups, excluding NO2 is 1. The zero-order valence-corrected chi connectivity index (χ0v) is 14.5. The Kier molecular flexibility index (Phi) is 4.36. The number of carbonyl (C=O) groups excluding carboxylic acids is 1. The Hall–Kier alpha value is -4.34. The van der Waals surface area contributed by atoms with E-state index in [0.29, 0.717) is 16.5 Å². The van der Waals surface area contributed by atoms with Crippen molar-refractivity contribution in [2.75, 3.05) is 0 Å². The largest absolute Gasteiger partial charge is 0.464 e. The Morgan fingerprint density at radius 2 is 1.97 bits per heavy atom. The summed E-state index contributed by atoms with van der Waals surface area (Å²) < 4.78 is 15.6. The van der Waals surface area contributed by atoms with Gasteiger partial charge in [-0.25, -0.2) is 9.59 Å². The van der Waals surface area contributed by atoms with E-state index in [1.54, 1.807) is 18.2 Å². The second kappa shape index (κ2) is 7.00. The Morgan fingerprint density at radius 3 is 2.72 bits per heavy atom. The predicted octanol–water partition coefficient (Wildman–Crippen LogP) is 4.20. The third kappa shape index (κ3) is 3.46. The Labute approximate surface area is 160 Å². The number of nitrogens with zero attached hydrogens (tertiary/aromatic N) is 2. The third-order valence-electron chi connectivity index (χ3n) is 4.22. The number of esters is 1. The van der Waals surface area contributed by atoms with E-state index in [0.717, 1.165) is 23.6 Å². The molecule has 4 aromatic rings. The molecule has 0 bridgehead atoms. The van der Waals surface area contributed by atoms with Gasteiger partial charge < -0.3 is 13.6 Å². The number of carbonyl (C=O) groups is 1. The van der Waals surface area contributed by atoms with Crippen LogP contribution in [0, 0.1) is 15.0 Å². The number of ether oxygens (including phenoxy) is 1. The van der Waals surface area contributed by atoms with Gasteiger partial charge in [-0.05, 0) is 23.4 Å². The fourth-order valence-electron chi connectivity index (χ4n) is 2.90. The highest BCUT2D eigenvalue weighted by molar-refractivity contribution is 5.95. The summed E-state index contributed by atoms with van der Waals surface area (Å²) in [5.74, 6) is -0.913. The molecular weight excluding hydrogens is 384 g/mol. The van der Waals surface area contributed by atoms with Gasteiger partial charge in [0.2, 0.25) is 0 Å². The minimum atomic E-state index is -0.913. The number of non-ortho nitro benzene ring substituents is 1. The number of rotatable bonds is 5. The average Bonchev–Trinajstić information content (AvgIpc) is 3.17. The van der Waals surface area contributed by atoms with Gasteiger partial charge in [-0.3, -0.25) is 10.1 Å². The van der Waals surface area contributed by atoms with E-state index in [1.807, 2.05) is 0 Å². The van der Waals surface area contributed by atoms with Crippen molar-refractivity contribution in [3.05, 3.63) is 85.3 Å². The van der Waals surface area contributed by atoms with E-state index in [2.05, 4.69) is 5.18 Å². The van der Waals surface area contributed by atoms with Crippen LogP contribution in [-0.2, 0) is 11.3 Å². The van der Waals surface area contributed by atoms with Crippen LogP contribution in [0.25, 0.3) is 21.9 Å². The summed E-state index contributed by atoms with van der Waals surface area (Å²) in [5, 5.41) is 14.9. The van der Waals surface area contributed by atoms with E-state index in [9.17, 15) is 24.6 Å². The summed E-state index contributed by atoms with van der Waals surface area (Å²) in [6.45, 7) is -0.295. The highest BCUT2D eigenvalue weighted by atomic mass is 16.6. The van der Waals surface area contributed by atoms with E-state index in [4.69, 9.17) is 13.6 Å². The van der Waals surface area contributed by atoms with Crippen molar-refractivity contribution in [1.29, 1.82) is 0 Å². The molecular formula is C19H10N2O8. The van der Waals surface area contributed by atoms with Crippen molar-refractivity contribution in [3.8, 4) is 0 Å². The number of furan rings is 1. The fourth-order valence-corrected chi connectivity index (χ4v) is 2.90. The quantitative estimate of drug-likeness (QED) is 0.161. The van der Waals surface area contributed by atoms with Gasteiger partial charge in [0.05, 0.1) is 16.7 Å². The van der Waals surface area contributed by atoms with Crippen LogP contribution in [0.2, 0.25) is 0 Å². The van der Waals surface area contributed by atoms with Crippen LogP contribution in [0.5, 0.6) is 0 Å². The lowest BCUT2D eigenvalue weighted by atomic mass is 10.1. The molecule has 0 spiro atoms. The minimum absolute atomic E-state index is 0.210. The second-order valence-electron chi connectivity index (χ2n) is 6.06. The highest BCUT2D eigenvalue weighted by Crippen LogP contribution is 2.27. The molecule has 0 N–H and O–H groups in total. The number of benzene rings is 2. The highest BCUT2D eigenvalue weighted by Gasteiger charge is 2.17. The molecule has 10 nitrogen and oxygen atoms in total. The molecule has 0 aliphatic heterocycles. The standard InChI is InChI=1S/C19H10N2O8/c22-18-6-12(15-5-10-1-2-27-16(10)8-17(15)29-18)9-28-19(23)11-3-13(20-24)7-14(4-11)21(25)26/h1-8H,9H2. The van der Waals surface area contributed by atoms with Crippen LogP contribution < -0.4 is 5.63 Å². The summed E-state index contributed by atoms with van der Waals surface area (Å²) in [4.78, 5) is 45.1. The first-order valence-corrected chi connectivity index (χ1v) is 8.18. The normalized spacial score (nSPS) is 10.9. The molecule has 0 aliphatic carbocycles. The molecule has 2 heterocycles. The van der Waals surface area contributed by atoms with Gasteiger partial charge in [-0.1, -0.05) is 0 Å². The molecule has 4 rings (SSSR count). The maximum atomic E-state index is 12.3. The molecule has 0 saturated heterocycles. The SMILES string of the molecule is O=Nc1cc(C(=O)OCc2cc(=O)oc3cc4occc4cc23)cc([N+](=O)[O-])c1. The van der Waals surface area contributed by atoms with Crippen LogP contribution in [0.3, 0.4) is 0 Å². The van der Waals surface area contributed by atoms with Crippen molar-refractivity contribution in [2.45, 2.75) is 6.61 Å². The Balaban J connectivity index is 1.67. The third-order valence-corrected chi connectivity index (χ3v) is 4.22. The first kappa shape index (κ1) is 18.0. The van der Waals surface area contributed by atoms with E-state index in [1.165, 1.54) is 12.3 Å². The molecule has 0 atom stereocenters.